The molecule has 0 saturated heterocycles. The van der Waals surface area contributed by atoms with Gasteiger partial charge in [0.2, 0.25) is 6.10 Å². The van der Waals surface area contributed by atoms with Gasteiger partial charge in [-0.25, -0.2) is 4.68 Å². The Hall–Kier alpha value is -3.61. The molecular weight excluding hydrogens is 358 g/mol. The Kier molecular flexibility index (Phi) is 4.57. The molecule has 7 heteroatoms. The van der Waals surface area contributed by atoms with Crippen LogP contribution in [-0.2, 0) is 4.79 Å². The van der Waals surface area contributed by atoms with Crippen molar-refractivity contribution in [2.24, 2.45) is 0 Å². The van der Waals surface area contributed by atoms with Crippen LogP contribution in [0, 0.1) is 13.8 Å². The smallest absolute Gasteiger partial charge is 0.278 e. The van der Waals surface area contributed by atoms with Crippen LogP contribution in [0.25, 0.3) is 0 Å². The largest absolute Gasteiger partial charge is 0.485 e. The van der Waals surface area contributed by atoms with Gasteiger partial charge in [-0.2, -0.15) is 5.10 Å². The van der Waals surface area contributed by atoms with Crippen molar-refractivity contribution < 1.29 is 19.1 Å². The van der Waals surface area contributed by atoms with Crippen molar-refractivity contribution in [3.63, 3.8) is 0 Å². The molecule has 1 aliphatic heterocycles. The second-order valence-corrected chi connectivity index (χ2v) is 6.57. The maximum Gasteiger partial charge on any atom is 0.278 e. The fourth-order valence-electron chi connectivity index (χ4n) is 3.02. The molecule has 1 atom stereocenters. The minimum absolute atomic E-state index is 0.136. The number of fused-ring (bicyclic) bond motifs is 1. The van der Waals surface area contributed by atoms with Crippen LogP contribution in [0.15, 0.2) is 54.6 Å². The molecule has 0 unspecified atom stereocenters. The number of hydrogen-bond acceptors (Lipinski definition) is 5. The summed E-state index contributed by atoms with van der Waals surface area (Å²) >= 11 is 0. The Balaban J connectivity index is 1.43. The molecule has 0 bridgehead atoms. The third-order valence-corrected chi connectivity index (χ3v) is 4.40. The number of amides is 1. The fourth-order valence-corrected chi connectivity index (χ4v) is 3.02. The van der Waals surface area contributed by atoms with E-state index in [9.17, 15) is 9.59 Å². The molecule has 0 saturated carbocycles. The summed E-state index contributed by atoms with van der Waals surface area (Å²) in [7, 11) is 0. The summed E-state index contributed by atoms with van der Waals surface area (Å²) in [6.45, 7) is 3.80. The Morgan fingerprint density at radius 2 is 1.79 bits per heavy atom. The van der Waals surface area contributed by atoms with Gasteiger partial charge in [-0.15, -0.1) is 0 Å². The first kappa shape index (κ1) is 17.8. The number of aromatic nitrogens is 2. The van der Waals surface area contributed by atoms with Crippen LogP contribution in [0.4, 0.5) is 5.69 Å². The Bertz CT molecular complexity index is 1040. The average molecular weight is 377 g/mol. The highest BCUT2D eigenvalue weighted by atomic mass is 16.6. The van der Waals surface area contributed by atoms with E-state index >= 15 is 0 Å². The molecule has 2 heterocycles. The number of carbonyl (C=O) groups excluding carboxylic acids is 2. The molecule has 0 aliphatic carbocycles. The zero-order valence-electron chi connectivity index (χ0n) is 15.5. The number of rotatable bonds is 3. The molecule has 4 rings (SSSR count). The van der Waals surface area contributed by atoms with Gasteiger partial charge >= 0.3 is 0 Å². The second kappa shape index (κ2) is 7.19. The van der Waals surface area contributed by atoms with E-state index < -0.39 is 6.10 Å². The predicted molar refractivity (Wildman–Crippen MR) is 103 cm³/mol. The molecule has 1 aromatic heterocycles. The third-order valence-electron chi connectivity index (χ3n) is 4.40. The van der Waals surface area contributed by atoms with E-state index in [1.807, 2.05) is 32.0 Å². The van der Waals surface area contributed by atoms with E-state index in [1.165, 1.54) is 4.68 Å². The number of nitrogens with one attached hydrogen (secondary N) is 1. The lowest BCUT2D eigenvalue weighted by Crippen LogP contribution is -2.40. The zero-order valence-corrected chi connectivity index (χ0v) is 15.5. The Morgan fingerprint density at radius 1 is 1.07 bits per heavy atom. The number of anilines is 1. The molecule has 7 nitrogen and oxygen atoms in total. The minimum atomic E-state index is -0.745. The van der Waals surface area contributed by atoms with E-state index in [1.54, 1.807) is 36.4 Å². The number of ether oxygens (including phenoxy) is 2. The van der Waals surface area contributed by atoms with E-state index in [2.05, 4.69) is 10.4 Å². The molecule has 0 spiro atoms. The molecule has 1 N–H and O–H groups in total. The molecule has 28 heavy (non-hydrogen) atoms. The van der Waals surface area contributed by atoms with Gasteiger partial charge in [0.05, 0.1) is 5.69 Å². The van der Waals surface area contributed by atoms with Crippen molar-refractivity contribution >= 4 is 17.5 Å². The quantitative estimate of drug-likeness (QED) is 0.759. The Morgan fingerprint density at radius 3 is 2.46 bits per heavy atom. The summed E-state index contributed by atoms with van der Waals surface area (Å²) in [5, 5.41) is 6.99. The van der Waals surface area contributed by atoms with E-state index in [0.717, 1.165) is 11.4 Å². The SMILES string of the molecule is Cc1cc(C)n(C(=O)c2ccc(NC(=O)[C@H]3COc4ccccc4O3)cc2)n1. The van der Waals surface area contributed by atoms with Gasteiger partial charge < -0.3 is 14.8 Å². The van der Waals surface area contributed by atoms with Crippen molar-refractivity contribution in [3.8, 4) is 11.5 Å². The molecular formula is C21H19N3O4. The highest BCUT2D eigenvalue weighted by molar-refractivity contribution is 5.98. The number of carbonyl (C=O) groups is 2. The summed E-state index contributed by atoms with van der Waals surface area (Å²) < 4.78 is 12.6. The van der Waals surface area contributed by atoms with Gasteiger partial charge in [0, 0.05) is 16.9 Å². The maximum absolute atomic E-state index is 12.6. The van der Waals surface area contributed by atoms with Gasteiger partial charge in [-0.05, 0) is 56.3 Å². The number of para-hydroxylation sites is 2. The van der Waals surface area contributed by atoms with Gasteiger partial charge in [0.15, 0.2) is 11.5 Å². The molecule has 1 amide bonds. The summed E-state index contributed by atoms with van der Waals surface area (Å²) in [6, 6.07) is 15.7. The molecule has 2 aromatic carbocycles. The fraction of sp³-hybridized carbons (Fsp3) is 0.190. The highest BCUT2D eigenvalue weighted by Gasteiger charge is 2.27. The van der Waals surface area contributed by atoms with Crippen LogP contribution in [-0.4, -0.2) is 34.3 Å². The van der Waals surface area contributed by atoms with Crippen molar-refractivity contribution in [2.45, 2.75) is 20.0 Å². The maximum atomic E-state index is 12.6. The van der Waals surface area contributed by atoms with Crippen LogP contribution in [0.2, 0.25) is 0 Å². The number of hydrogen-bond donors (Lipinski definition) is 1. The topological polar surface area (TPSA) is 82.5 Å². The number of nitrogens with zero attached hydrogens (tertiary/aromatic N) is 2. The number of aryl methyl sites for hydroxylation is 2. The monoisotopic (exact) mass is 377 g/mol. The average Bonchev–Trinajstić information content (AvgIpc) is 3.05. The lowest BCUT2D eigenvalue weighted by molar-refractivity contribution is -0.125. The molecule has 0 fully saturated rings. The molecule has 0 radical (unpaired) electrons. The van der Waals surface area contributed by atoms with Crippen LogP contribution < -0.4 is 14.8 Å². The van der Waals surface area contributed by atoms with Crippen molar-refractivity contribution in [2.75, 3.05) is 11.9 Å². The summed E-state index contributed by atoms with van der Waals surface area (Å²) in [6.07, 6.45) is -0.745. The van der Waals surface area contributed by atoms with E-state index in [0.29, 0.717) is 22.7 Å². The predicted octanol–water partition coefficient (Wildman–Crippen LogP) is 2.97. The van der Waals surface area contributed by atoms with Crippen molar-refractivity contribution in [1.82, 2.24) is 9.78 Å². The summed E-state index contributed by atoms with van der Waals surface area (Å²) in [4.78, 5) is 25.0. The lowest BCUT2D eigenvalue weighted by atomic mass is 10.2. The lowest BCUT2D eigenvalue weighted by Gasteiger charge is -2.25. The molecule has 1 aliphatic rings. The highest BCUT2D eigenvalue weighted by Crippen LogP contribution is 2.31. The van der Waals surface area contributed by atoms with Crippen LogP contribution in [0.5, 0.6) is 11.5 Å². The first-order valence-corrected chi connectivity index (χ1v) is 8.88. The van der Waals surface area contributed by atoms with Crippen molar-refractivity contribution in [3.05, 3.63) is 71.5 Å². The standard InChI is InChI=1S/C21H19N3O4/c1-13-11-14(2)24(23-13)21(26)15-7-9-16(10-8-15)22-20(25)19-12-27-17-5-3-4-6-18(17)28-19/h3-11,19H,12H2,1-2H3,(H,22,25)/t19-/m1/s1. The van der Waals surface area contributed by atoms with Gasteiger partial charge in [0.25, 0.3) is 11.8 Å². The van der Waals surface area contributed by atoms with Crippen LogP contribution in [0.1, 0.15) is 21.7 Å². The van der Waals surface area contributed by atoms with Gasteiger partial charge in [-0.1, -0.05) is 12.1 Å². The first-order valence-electron chi connectivity index (χ1n) is 8.88. The summed E-state index contributed by atoms with van der Waals surface area (Å²) in [5.74, 6) is 0.634. The van der Waals surface area contributed by atoms with Gasteiger partial charge in [0.1, 0.15) is 6.61 Å². The normalized spacial score (nSPS) is 15.1. The second-order valence-electron chi connectivity index (χ2n) is 6.57. The van der Waals surface area contributed by atoms with Crippen LogP contribution in [0.3, 0.4) is 0 Å². The van der Waals surface area contributed by atoms with E-state index in [4.69, 9.17) is 9.47 Å². The first-order chi connectivity index (χ1) is 13.5. The Labute approximate surface area is 161 Å². The molecule has 142 valence electrons. The van der Waals surface area contributed by atoms with E-state index in [-0.39, 0.29) is 18.4 Å². The summed E-state index contributed by atoms with van der Waals surface area (Å²) in [5.41, 5.74) is 2.60. The zero-order chi connectivity index (χ0) is 19.7. The minimum Gasteiger partial charge on any atom is -0.485 e. The number of benzene rings is 2. The third kappa shape index (κ3) is 3.46. The van der Waals surface area contributed by atoms with Crippen molar-refractivity contribution in [1.29, 1.82) is 0 Å². The van der Waals surface area contributed by atoms with Crippen LogP contribution >= 0.6 is 0 Å². The van der Waals surface area contributed by atoms with Gasteiger partial charge in [-0.3, -0.25) is 9.59 Å². The molecule has 3 aromatic rings.